The molecule has 4 heteroatoms. The van der Waals surface area contributed by atoms with Gasteiger partial charge in [0.15, 0.2) is 0 Å². The smallest absolute Gasteiger partial charge is 0.251 e. The van der Waals surface area contributed by atoms with Crippen LogP contribution in [0.2, 0.25) is 0 Å². The first-order chi connectivity index (χ1) is 16.0. The molecule has 1 amide bonds. The van der Waals surface area contributed by atoms with Gasteiger partial charge in [-0.2, -0.15) is 0 Å². The van der Waals surface area contributed by atoms with Gasteiger partial charge in [-0.05, 0) is 69.4 Å². The van der Waals surface area contributed by atoms with E-state index in [2.05, 4.69) is 62.0 Å². The molecule has 1 aromatic rings. The van der Waals surface area contributed by atoms with Gasteiger partial charge in [0.1, 0.15) is 0 Å². The average Bonchev–Trinajstić information content (AvgIpc) is 2.84. The number of carbonyl (C=O) groups excluding carboxylic acids is 1. The predicted octanol–water partition coefficient (Wildman–Crippen LogP) is 7.29. The van der Waals surface area contributed by atoms with Crippen molar-refractivity contribution in [1.29, 1.82) is 0 Å². The Kier molecular flexibility index (Phi) is 14.5. The van der Waals surface area contributed by atoms with Crippen LogP contribution in [-0.2, 0) is 6.42 Å². The summed E-state index contributed by atoms with van der Waals surface area (Å²) in [6, 6.07) is 4.94. The van der Waals surface area contributed by atoms with E-state index in [0.717, 1.165) is 29.8 Å². The van der Waals surface area contributed by atoms with Gasteiger partial charge in [0.2, 0.25) is 0 Å². The molecular weight excluding hydrogens is 406 g/mol. The van der Waals surface area contributed by atoms with Crippen LogP contribution in [-0.4, -0.2) is 37.8 Å². The molecule has 0 radical (unpaired) electrons. The van der Waals surface area contributed by atoms with Crippen LogP contribution in [0.4, 0.5) is 5.69 Å². The Morgan fingerprint density at radius 2 is 1.79 bits per heavy atom. The molecule has 1 aromatic carbocycles. The summed E-state index contributed by atoms with van der Waals surface area (Å²) in [5, 5.41) is 3.05. The lowest BCUT2D eigenvalue weighted by Gasteiger charge is -2.37. The molecule has 0 unspecified atom stereocenters. The number of benzene rings is 1. The van der Waals surface area contributed by atoms with Gasteiger partial charge in [-0.15, -0.1) is 0 Å². The Bertz CT molecular complexity index is 758. The quantitative estimate of drug-likeness (QED) is 0.376. The minimum absolute atomic E-state index is 0.0144. The minimum Gasteiger partial charge on any atom is -0.369 e. The average molecular weight is 456 g/mol. The van der Waals surface area contributed by atoms with Crippen LogP contribution < -0.4 is 10.2 Å². The summed E-state index contributed by atoms with van der Waals surface area (Å²) in [7, 11) is 1.76. The van der Waals surface area contributed by atoms with Gasteiger partial charge in [-0.3, -0.25) is 9.79 Å². The Morgan fingerprint density at radius 1 is 1.12 bits per heavy atom. The zero-order valence-corrected chi connectivity index (χ0v) is 22.5. The van der Waals surface area contributed by atoms with Gasteiger partial charge in [0.25, 0.3) is 5.91 Å². The molecule has 186 valence electrons. The number of hydrogen-bond donors (Lipinski definition) is 1. The van der Waals surface area contributed by atoms with Crippen molar-refractivity contribution in [2.75, 3.05) is 25.0 Å². The SMILES string of the molecule is C/C=C\C(CNC(=O)c1cc(CC)cc(N(CC)C2CCCCC2)c1C)=NC.CCCCC. The third-order valence-electron chi connectivity index (χ3n) is 6.54. The van der Waals surface area contributed by atoms with Crippen LogP contribution in [0.3, 0.4) is 0 Å². The van der Waals surface area contributed by atoms with Crippen molar-refractivity contribution >= 4 is 17.3 Å². The van der Waals surface area contributed by atoms with E-state index in [-0.39, 0.29) is 5.91 Å². The third-order valence-corrected chi connectivity index (χ3v) is 6.54. The zero-order valence-electron chi connectivity index (χ0n) is 22.5. The van der Waals surface area contributed by atoms with E-state index >= 15 is 0 Å². The van der Waals surface area contributed by atoms with Gasteiger partial charge in [0.05, 0.1) is 12.3 Å². The van der Waals surface area contributed by atoms with Crippen LogP contribution in [0, 0.1) is 6.92 Å². The van der Waals surface area contributed by atoms with Crippen molar-refractivity contribution in [2.24, 2.45) is 4.99 Å². The molecule has 0 spiro atoms. The van der Waals surface area contributed by atoms with Crippen molar-refractivity contribution in [2.45, 2.75) is 105 Å². The molecule has 1 fully saturated rings. The Morgan fingerprint density at radius 3 is 2.27 bits per heavy atom. The minimum atomic E-state index is -0.0144. The first-order valence-corrected chi connectivity index (χ1v) is 13.2. The first-order valence-electron chi connectivity index (χ1n) is 13.2. The maximum Gasteiger partial charge on any atom is 0.251 e. The summed E-state index contributed by atoms with van der Waals surface area (Å²) < 4.78 is 0. The van der Waals surface area contributed by atoms with E-state index in [1.165, 1.54) is 62.6 Å². The van der Waals surface area contributed by atoms with E-state index in [1.54, 1.807) is 7.05 Å². The molecule has 33 heavy (non-hydrogen) atoms. The van der Waals surface area contributed by atoms with E-state index < -0.39 is 0 Å². The second-order valence-corrected chi connectivity index (χ2v) is 8.97. The second kappa shape index (κ2) is 16.5. The number of hydrogen-bond acceptors (Lipinski definition) is 3. The summed E-state index contributed by atoms with van der Waals surface area (Å²) in [5.74, 6) is -0.0144. The molecule has 1 aliphatic carbocycles. The van der Waals surface area contributed by atoms with Gasteiger partial charge in [-0.25, -0.2) is 0 Å². The van der Waals surface area contributed by atoms with E-state index in [0.29, 0.717) is 12.6 Å². The van der Waals surface area contributed by atoms with Crippen molar-refractivity contribution in [3.63, 3.8) is 0 Å². The summed E-state index contributed by atoms with van der Waals surface area (Å²) in [6.07, 6.45) is 15.4. The van der Waals surface area contributed by atoms with Crippen molar-refractivity contribution < 1.29 is 4.79 Å². The van der Waals surface area contributed by atoms with Gasteiger partial charge in [0, 0.05) is 30.9 Å². The summed E-state index contributed by atoms with van der Waals surface area (Å²) in [4.78, 5) is 19.7. The highest BCUT2D eigenvalue weighted by molar-refractivity contribution is 6.02. The fraction of sp³-hybridized carbons (Fsp3) is 0.655. The number of rotatable bonds is 10. The Labute approximate surface area is 204 Å². The largest absolute Gasteiger partial charge is 0.369 e. The van der Waals surface area contributed by atoms with Crippen LogP contribution in [0.1, 0.15) is 107 Å². The van der Waals surface area contributed by atoms with E-state index in [1.807, 2.05) is 19.1 Å². The van der Waals surface area contributed by atoms with E-state index in [9.17, 15) is 4.79 Å². The fourth-order valence-electron chi connectivity index (χ4n) is 4.54. The number of unbranched alkanes of at least 4 members (excludes halogenated alkanes) is 2. The van der Waals surface area contributed by atoms with E-state index in [4.69, 9.17) is 0 Å². The molecule has 0 aliphatic heterocycles. The fourth-order valence-corrected chi connectivity index (χ4v) is 4.54. The highest BCUT2D eigenvalue weighted by Crippen LogP contribution is 2.32. The molecule has 0 aromatic heterocycles. The normalized spacial score (nSPS) is 14.7. The summed E-state index contributed by atoms with van der Waals surface area (Å²) >= 11 is 0. The van der Waals surface area contributed by atoms with Crippen LogP contribution in [0.15, 0.2) is 29.3 Å². The highest BCUT2D eigenvalue weighted by atomic mass is 16.1. The number of amides is 1. The highest BCUT2D eigenvalue weighted by Gasteiger charge is 2.24. The number of nitrogens with zero attached hydrogens (tertiary/aromatic N) is 2. The molecule has 0 atom stereocenters. The second-order valence-electron chi connectivity index (χ2n) is 8.97. The number of allylic oxidation sites excluding steroid dienone is 1. The summed E-state index contributed by atoms with van der Waals surface area (Å²) in [6.45, 7) is 14.3. The van der Waals surface area contributed by atoms with Crippen molar-refractivity contribution in [3.05, 3.63) is 41.0 Å². The lowest BCUT2D eigenvalue weighted by Crippen LogP contribution is -2.38. The molecule has 0 bridgehead atoms. The molecule has 0 heterocycles. The number of aryl methyl sites for hydroxylation is 1. The molecule has 1 saturated carbocycles. The maximum atomic E-state index is 13.0. The van der Waals surface area contributed by atoms with Crippen molar-refractivity contribution in [1.82, 2.24) is 5.32 Å². The molecule has 1 aliphatic rings. The number of carbonyl (C=O) groups is 1. The molecular formula is C29H49N3O. The number of aliphatic imine (C=N–C) groups is 1. The first kappa shape index (κ1) is 28.9. The topological polar surface area (TPSA) is 44.7 Å². The van der Waals surface area contributed by atoms with Gasteiger partial charge < -0.3 is 10.2 Å². The zero-order chi connectivity index (χ0) is 24.6. The Hall–Kier alpha value is -2.10. The monoisotopic (exact) mass is 455 g/mol. The molecule has 0 saturated heterocycles. The third kappa shape index (κ3) is 9.35. The maximum absolute atomic E-state index is 13.0. The molecule has 2 rings (SSSR count). The lowest BCUT2D eigenvalue weighted by atomic mass is 9.92. The van der Waals surface area contributed by atoms with Crippen LogP contribution in [0.5, 0.6) is 0 Å². The Balaban J connectivity index is 0.000000981. The standard InChI is InChI=1S/C24H37N3O.C5H12/c1-6-12-20(25-5)17-26-24(28)22-15-19(7-2)16-23(18(22)4)27(8-3)21-13-10-9-11-14-21;1-3-5-4-2/h6,12,15-16,21H,7-11,13-14,17H2,1-5H3,(H,26,28);3-5H2,1-2H3/b12-6-,25-20?;. The number of nitrogens with one attached hydrogen (secondary N) is 1. The predicted molar refractivity (Wildman–Crippen MR) is 146 cm³/mol. The van der Waals surface area contributed by atoms with Crippen molar-refractivity contribution in [3.8, 4) is 0 Å². The van der Waals surface area contributed by atoms with Crippen LogP contribution >= 0.6 is 0 Å². The van der Waals surface area contributed by atoms with Crippen LogP contribution in [0.25, 0.3) is 0 Å². The summed E-state index contributed by atoms with van der Waals surface area (Å²) in [5.41, 5.74) is 5.20. The lowest BCUT2D eigenvalue weighted by molar-refractivity contribution is 0.0958. The van der Waals surface area contributed by atoms with Gasteiger partial charge in [-0.1, -0.05) is 65.4 Å². The van der Waals surface area contributed by atoms with Gasteiger partial charge >= 0.3 is 0 Å². The molecule has 4 nitrogen and oxygen atoms in total. The molecule has 1 N–H and O–H groups in total. The number of anilines is 1.